The maximum Gasteiger partial charge on any atom is 0.115 e. The van der Waals surface area contributed by atoms with Crippen molar-refractivity contribution in [3.63, 3.8) is 0 Å². The molecule has 0 amide bonds. The molecular formula is C11H19N3. The second-order valence-corrected chi connectivity index (χ2v) is 3.97. The minimum atomic E-state index is 0.530. The van der Waals surface area contributed by atoms with Gasteiger partial charge in [-0.05, 0) is 24.4 Å². The van der Waals surface area contributed by atoms with Crippen molar-refractivity contribution in [2.45, 2.75) is 39.2 Å². The van der Waals surface area contributed by atoms with Gasteiger partial charge in [0.2, 0.25) is 0 Å². The molecule has 1 N–H and O–H groups in total. The van der Waals surface area contributed by atoms with Gasteiger partial charge in [0.05, 0.1) is 0 Å². The van der Waals surface area contributed by atoms with E-state index >= 15 is 0 Å². The molecule has 0 saturated heterocycles. The second kappa shape index (κ2) is 5.70. The summed E-state index contributed by atoms with van der Waals surface area (Å²) in [4.78, 5) is 8.03. The molecule has 3 nitrogen and oxygen atoms in total. The zero-order valence-electron chi connectivity index (χ0n) is 9.20. The van der Waals surface area contributed by atoms with Crippen LogP contribution in [0.2, 0.25) is 0 Å². The minimum Gasteiger partial charge on any atom is -0.315 e. The van der Waals surface area contributed by atoms with Crippen molar-refractivity contribution in [1.29, 1.82) is 0 Å². The van der Waals surface area contributed by atoms with Crippen LogP contribution < -0.4 is 5.32 Å². The normalized spacial score (nSPS) is 13.1. The van der Waals surface area contributed by atoms with Crippen molar-refractivity contribution >= 4 is 0 Å². The molecule has 0 aliphatic rings. The van der Waals surface area contributed by atoms with Gasteiger partial charge >= 0.3 is 0 Å². The first kappa shape index (κ1) is 11.1. The molecule has 0 spiro atoms. The lowest BCUT2D eigenvalue weighted by Gasteiger charge is -2.13. The lowest BCUT2D eigenvalue weighted by molar-refractivity contribution is 0.540. The maximum atomic E-state index is 4.02. The highest BCUT2D eigenvalue weighted by molar-refractivity contribution is 5.08. The number of aromatic nitrogens is 2. The summed E-state index contributed by atoms with van der Waals surface area (Å²) in [6, 6.07) is 0.564. The van der Waals surface area contributed by atoms with Gasteiger partial charge in [-0.2, -0.15) is 0 Å². The van der Waals surface area contributed by atoms with Gasteiger partial charge in [0.25, 0.3) is 0 Å². The van der Waals surface area contributed by atoms with E-state index in [-0.39, 0.29) is 0 Å². The van der Waals surface area contributed by atoms with Crippen molar-refractivity contribution in [3.8, 4) is 0 Å². The molecular weight excluding hydrogens is 174 g/mol. The lowest BCUT2D eigenvalue weighted by Crippen LogP contribution is -2.24. The third-order valence-corrected chi connectivity index (χ3v) is 2.28. The summed E-state index contributed by atoms with van der Waals surface area (Å²) in [5, 5.41) is 3.41. The van der Waals surface area contributed by atoms with Gasteiger partial charge in [-0.1, -0.05) is 20.8 Å². The monoisotopic (exact) mass is 193 g/mol. The third-order valence-electron chi connectivity index (χ3n) is 2.28. The van der Waals surface area contributed by atoms with Crippen LogP contribution in [-0.2, 0) is 0 Å². The highest BCUT2D eigenvalue weighted by Crippen LogP contribution is 2.15. The number of nitrogens with zero attached hydrogens (tertiary/aromatic N) is 2. The van der Waals surface area contributed by atoms with Crippen molar-refractivity contribution in [3.05, 3.63) is 24.3 Å². The molecule has 1 aromatic heterocycles. The molecule has 14 heavy (non-hydrogen) atoms. The molecule has 0 aliphatic carbocycles. The number of hydrogen-bond donors (Lipinski definition) is 1. The Bertz CT molecular complexity index is 246. The van der Waals surface area contributed by atoms with Crippen LogP contribution in [0.15, 0.2) is 18.7 Å². The van der Waals surface area contributed by atoms with Crippen LogP contribution in [0.5, 0.6) is 0 Å². The Balaban J connectivity index is 2.32. The third kappa shape index (κ3) is 3.83. The second-order valence-electron chi connectivity index (χ2n) is 3.97. The average molecular weight is 193 g/mol. The Morgan fingerprint density at radius 1 is 1.21 bits per heavy atom. The molecule has 0 bridgehead atoms. The first-order valence-electron chi connectivity index (χ1n) is 5.18. The maximum absolute atomic E-state index is 4.02. The molecule has 1 unspecified atom stereocenters. The molecule has 0 fully saturated rings. The molecule has 0 saturated carbocycles. The molecule has 1 rings (SSSR count). The van der Waals surface area contributed by atoms with Crippen LogP contribution in [0.1, 0.15) is 38.7 Å². The Kier molecular flexibility index (Phi) is 4.53. The fraction of sp³-hybridized carbons (Fsp3) is 0.636. The van der Waals surface area contributed by atoms with Crippen molar-refractivity contribution in [2.75, 3.05) is 6.54 Å². The van der Waals surface area contributed by atoms with Crippen LogP contribution in [-0.4, -0.2) is 22.6 Å². The van der Waals surface area contributed by atoms with E-state index in [1.54, 1.807) is 6.33 Å². The molecule has 78 valence electrons. The van der Waals surface area contributed by atoms with Gasteiger partial charge in [0, 0.05) is 18.4 Å². The fourth-order valence-electron chi connectivity index (χ4n) is 1.32. The van der Waals surface area contributed by atoms with Crippen LogP contribution >= 0.6 is 0 Å². The molecule has 3 heteroatoms. The summed E-state index contributed by atoms with van der Waals surface area (Å²) >= 11 is 0. The fourth-order valence-corrected chi connectivity index (χ4v) is 1.32. The predicted molar refractivity (Wildman–Crippen MR) is 58.2 cm³/mol. The summed E-state index contributed by atoms with van der Waals surface area (Å²) < 4.78 is 0. The first-order chi connectivity index (χ1) is 6.70. The van der Waals surface area contributed by atoms with E-state index in [4.69, 9.17) is 0 Å². The van der Waals surface area contributed by atoms with E-state index in [2.05, 4.69) is 36.1 Å². The summed E-state index contributed by atoms with van der Waals surface area (Å²) in [6.07, 6.45) is 6.49. The van der Waals surface area contributed by atoms with E-state index in [1.807, 2.05) is 12.4 Å². The molecule has 1 aromatic rings. The molecule has 1 heterocycles. The van der Waals surface area contributed by atoms with Crippen LogP contribution in [0.4, 0.5) is 0 Å². The zero-order chi connectivity index (χ0) is 10.4. The largest absolute Gasteiger partial charge is 0.315 e. The molecule has 0 radical (unpaired) electrons. The molecule has 0 aromatic carbocycles. The van der Waals surface area contributed by atoms with Gasteiger partial charge in [-0.25, -0.2) is 9.97 Å². The van der Waals surface area contributed by atoms with Crippen LogP contribution in [0.3, 0.4) is 0 Å². The van der Waals surface area contributed by atoms with Crippen LogP contribution in [0, 0.1) is 0 Å². The summed E-state index contributed by atoms with van der Waals surface area (Å²) in [6.45, 7) is 7.58. The SMILES string of the molecule is CC(C)NCCC(C)c1cncnc1. The van der Waals surface area contributed by atoms with E-state index in [9.17, 15) is 0 Å². The van der Waals surface area contributed by atoms with E-state index in [0.29, 0.717) is 12.0 Å². The number of hydrogen-bond acceptors (Lipinski definition) is 3. The van der Waals surface area contributed by atoms with E-state index in [0.717, 1.165) is 13.0 Å². The van der Waals surface area contributed by atoms with E-state index in [1.165, 1.54) is 5.56 Å². The molecule has 0 aliphatic heterocycles. The topological polar surface area (TPSA) is 37.8 Å². The quantitative estimate of drug-likeness (QED) is 0.777. The van der Waals surface area contributed by atoms with Gasteiger partial charge in [-0.15, -0.1) is 0 Å². The highest BCUT2D eigenvalue weighted by Gasteiger charge is 2.05. The standard InChI is InChI=1S/C11H19N3/c1-9(2)14-5-4-10(3)11-6-12-8-13-7-11/h6-10,14H,4-5H2,1-3H3. The smallest absolute Gasteiger partial charge is 0.115 e. The van der Waals surface area contributed by atoms with Crippen molar-refractivity contribution < 1.29 is 0 Å². The van der Waals surface area contributed by atoms with Crippen molar-refractivity contribution in [1.82, 2.24) is 15.3 Å². The summed E-state index contributed by atoms with van der Waals surface area (Å²) in [7, 11) is 0. The highest BCUT2D eigenvalue weighted by atomic mass is 14.9. The molecule has 1 atom stereocenters. The summed E-state index contributed by atoms with van der Waals surface area (Å²) in [5.41, 5.74) is 1.22. The zero-order valence-corrected chi connectivity index (χ0v) is 9.20. The Morgan fingerprint density at radius 3 is 2.43 bits per heavy atom. The van der Waals surface area contributed by atoms with Gasteiger partial charge in [-0.3, -0.25) is 0 Å². The number of nitrogens with one attached hydrogen (secondary N) is 1. The number of rotatable bonds is 5. The Morgan fingerprint density at radius 2 is 1.86 bits per heavy atom. The lowest BCUT2D eigenvalue weighted by atomic mass is 10.0. The average Bonchev–Trinajstić information content (AvgIpc) is 2.18. The Labute approximate surface area is 86.0 Å². The van der Waals surface area contributed by atoms with E-state index < -0.39 is 0 Å². The van der Waals surface area contributed by atoms with Gasteiger partial charge in [0.1, 0.15) is 6.33 Å². The minimum absolute atomic E-state index is 0.530. The summed E-state index contributed by atoms with van der Waals surface area (Å²) in [5.74, 6) is 0.530. The first-order valence-corrected chi connectivity index (χ1v) is 5.18. The van der Waals surface area contributed by atoms with Gasteiger partial charge in [0.15, 0.2) is 0 Å². The predicted octanol–water partition coefficient (Wildman–Crippen LogP) is 1.97. The van der Waals surface area contributed by atoms with Gasteiger partial charge < -0.3 is 5.32 Å². The van der Waals surface area contributed by atoms with Crippen LogP contribution in [0.25, 0.3) is 0 Å². The van der Waals surface area contributed by atoms with Crippen molar-refractivity contribution in [2.24, 2.45) is 0 Å². The Hall–Kier alpha value is -0.960.